The summed E-state index contributed by atoms with van der Waals surface area (Å²) in [5.41, 5.74) is 0. The largest absolute Gasteiger partial charge is 0.508 e. The molecule has 0 aliphatic carbocycles. The van der Waals surface area contributed by atoms with Gasteiger partial charge in [0.05, 0.1) is 0 Å². The van der Waals surface area contributed by atoms with Gasteiger partial charge in [-0.05, 0) is 25.0 Å². The molecule has 0 aliphatic rings. The molecule has 0 amide bonds. The van der Waals surface area contributed by atoms with Gasteiger partial charge < -0.3 is 14.9 Å². The lowest BCUT2D eigenvalue weighted by molar-refractivity contribution is 0.125. The van der Waals surface area contributed by atoms with Crippen molar-refractivity contribution < 1.29 is 14.9 Å². The first-order valence-electron chi connectivity index (χ1n) is 10.3. The Morgan fingerprint density at radius 3 is 1.40 bits per heavy atom. The number of aromatic hydroxyl groups is 2. The maximum absolute atomic E-state index is 8.65. The minimum Gasteiger partial charge on any atom is -0.508 e. The van der Waals surface area contributed by atoms with Crippen molar-refractivity contribution >= 4 is 0 Å². The van der Waals surface area contributed by atoms with Gasteiger partial charge in [-0.15, -0.1) is 0 Å². The third kappa shape index (κ3) is 19.0. The summed E-state index contributed by atoms with van der Waals surface area (Å²) in [6, 6.07) is 5.85. The Bertz CT molecular complexity index is 348. The van der Waals surface area contributed by atoms with Gasteiger partial charge in [0.1, 0.15) is 11.5 Å². The first-order chi connectivity index (χ1) is 12.2. The van der Waals surface area contributed by atoms with Gasteiger partial charge in [0.15, 0.2) is 0 Å². The Morgan fingerprint density at radius 2 is 1.04 bits per heavy atom. The van der Waals surface area contributed by atoms with Crippen LogP contribution in [0.25, 0.3) is 0 Å². The molecule has 0 atom stereocenters. The molecule has 0 saturated heterocycles. The van der Waals surface area contributed by atoms with Gasteiger partial charge >= 0.3 is 0 Å². The van der Waals surface area contributed by atoms with Crippen molar-refractivity contribution in [2.24, 2.45) is 0 Å². The smallest absolute Gasteiger partial charge is 0.119 e. The fourth-order valence-electron chi connectivity index (χ4n) is 2.56. The van der Waals surface area contributed by atoms with Crippen LogP contribution in [0.1, 0.15) is 90.9 Å². The number of hydrogen-bond acceptors (Lipinski definition) is 3. The number of benzene rings is 1. The Morgan fingerprint density at radius 1 is 0.640 bits per heavy atom. The van der Waals surface area contributed by atoms with E-state index in [0.717, 1.165) is 13.2 Å². The molecule has 0 saturated carbocycles. The average molecular weight is 353 g/mol. The molecule has 1 rings (SSSR count). The lowest BCUT2D eigenvalue weighted by Crippen LogP contribution is -1.97. The van der Waals surface area contributed by atoms with Crippen molar-refractivity contribution in [2.45, 2.75) is 90.9 Å². The summed E-state index contributed by atoms with van der Waals surface area (Å²) in [5, 5.41) is 17.3. The molecule has 25 heavy (non-hydrogen) atoms. The fourth-order valence-corrected chi connectivity index (χ4v) is 2.56. The minimum atomic E-state index is 0.0880. The number of ether oxygens (including phenoxy) is 1. The zero-order valence-electron chi connectivity index (χ0n) is 16.5. The minimum absolute atomic E-state index is 0.0880. The highest BCUT2D eigenvalue weighted by molar-refractivity contribution is 5.30. The highest BCUT2D eigenvalue weighted by Crippen LogP contribution is 2.14. The number of phenolic OH excluding ortho intramolecular Hbond substituents is 2. The molecule has 0 aliphatic heterocycles. The van der Waals surface area contributed by atoms with Crippen LogP contribution in [0.5, 0.6) is 11.5 Å². The summed E-state index contributed by atoms with van der Waals surface area (Å²) >= 11 is 0. The number of rotatable bonds is 14. The maximum atomic E-state index is 8.65. The molecule has 1 aromatic rings. The van der Waals surface area contributed by atoms with Crippen LogP contribution in [0.4, 0.5) is 0 Å². The summed E-state index contributed by atoms with van der Waals surface area (Å²) in [6.07, 6.45) is 16.3. The average Bonchev–Trinajstić information content (AvgIpc) is 2.59. The molecule has 0 aromatic heterocycles. The molecule has 0 fully saturated rings. The summed E-state index contributed by atoms with van der Waals surface area (Å²) in [6.45, 7) is 6.51. The number of unbranched alkanes of at least 4 members (excludes halogenated alkanes) is 10. The van der Waals surface area contributed by atoms with E-state index in [1.807, 2.05) is 0 Å². The van der Waals surface area contributed by atoms with E-state index in [9.17, 15) is 0 Å². The van der Waals surface area contributed by atoms with Gasteiger partial charge in [0, 0.05) is 19.3 Å². The van der Waals surface area contributed by atoms with Crippen molar-refractivity contribution in [1.82, 2.24) is 0 Å². The molecule has 3 nitrogen and oxygen atoms in total. The fraction of sp³-hybridized carbons (Fsp3) is 0.727. The van der Waals surface area contributed by atoms with Gasteiger partial charge in [0.2, 0.25) is 0 Å². The highest BCUT2D eigenvalue weighted by atomic mass is 16.5. The van der Waals surface area contributed by atoms with Gasteiger partial charge in [-0.2, -0.15) is 0 Å². The summed E-state index contributed by atoms with van der Waals surface area (Å²) in [4.78, 5) is 0. The Hall–Kier alpha value is -1.22. The lowest BCUT2D eigenvalue weighted by atomic mass is 10.1. The van der Waals surface area contributed by atoms with E-state index < -0.39 is 0 Å². The van der Waals surface area contributed by atoms with E-state index in [-0.39, 0.29) is 11.5 Å². The second-order valence-corrected chi connectivity index (χ2v) is 6.67. The van der Waals surface area contributed by atoms with E-state index in [1.165, 1.54) is 95.2 Å². The number of phenols is 2. The zero-order chi connectivity index (χ0) is 18.6. The van der Waals surface area contributed by atoms with Crippen LogP contribution in [0, 0.1) is 0 Å². The molecule has 0 spiro atoms. The molecule has 3 heteroatoms. The van der Waals surface area contributed by atoms with Crippen LogP contribution in [-0.4, -0.2) is 23.4 Å². The van der Waals surface area contributed by atoms with Gasteiger partial charge in [-0.1, -0.05) is 84.1 Å². The number of hydrogen-bond donors (Lipinski definition) is 2. The molecular formula is C22H40O3. The maximum Gasteiger partial charge on any atom is 0.119 e. The Kier molecular flexibility index (Phi) is 18.2. The predicted octanol–water partition coefficient (Wildman–Crippen LogP) is 6.82. The van der Waals surface area contributed by atoms with Crippen LogP contribution in [-0.2, 0) is 4.74 Å². The first-order valence-corrected chi connectivity index (χ1v) is 10.3. The summed E-state index contributed by atoms with van der Waals surface area (Å²) in [5.74, 6) is 0.176. The third-order valence-corrected chi connectivity index (χ3v) is 4.11. The molecule has 0 radical (unpaired) electrons. The topological polar surface area (TPSA) is 49.7 Å². The van der Waals surface area contributed by atoms with Crippen molar-refractivity contribution in [1.29, 1.82) is 0 Å². The van der Waals surface area contributed by atoms with Crippen LogP contribution < -0.4 is 0 Å². The molecule has 1 aromatic carbocycles. The Labute approximate surface area is 155 Å². The molecule has 0 heterocycles. The summed E-state index contributed by atoms with van der Waals surface area (Å²) in [7, 11) is 0. The van der Waals surface area contributed by atoms with E-state index in [0.29, 0.717) is 0 Å². The van der Waals surface area contributed by atoms with E-state index in [2.05, 4.69) is 13.8 Å². The molecular weight excluding hydrogens is 312 g/mol. The quantitative estimate of drug-likeness (QED) is 0.361. The van der Waals surface area contributed by atoms with Gasteiger partial charge in [0.25, 0.3) is 0 Å². The highest BCUT2D eigenvalue weighted by Gasteiger charge is 1.92. The van der Waals surface area contributed by atoms with Crippen molar-refractivity contribution in [2.75, 3.05) is 13.2 Å². The first kappa shape index (κ1) is 23.8. The SMILES string of the molecule is CCCCCCCCOCCCCCCCC.Oc1cccc(O)c1. The molecule has 146 valence electrons. The Balaban J connectivity index is 0.000000593. The lowest BCUT2D eigenvalue weighted by Gasteiger charge is -2.04. The van der Waals surface area contributed by atoms with E-state index >= 15 is 0 Å². The zero-order valence-corrected chi connectivity index (χ0v) is 16.5. The molecule has 0 bridgehead atoms. The van der Waals surface area contributed by atoms with Crippen LogP contribution in [0.3, 0.4) is 0 Å². The van der Waals surface area contributed by atoms with Crippen molar-refractivity contribution in [3.8, 4) is 11.5 Å². The van der Waals surface area contributed by atoms with E-state index in [4.69, 9.17) is 14.9 Å². The molecule has 2 N–H and O–H groups in total. The standard InChI is InChI=1S/C16H34O.C6H6O2/c1-3-5-7-9-11-13-15-17-16-14-12-10-8-6-4-2;7-5-2-1-3-6(8)4-5/h3-16H2,1-2H3;1-4,7-8H. The van der Waals surface area contributed by atoms with Crippen LogP contribution >= 0.6 is 0 Å². The normalized spacial score (nSPS) is 10.3. The van der Waals surface area contributed by atoms with Gasteiger partial charge in [-0.3, -0.25) is 0 Å². The van der Waals surface area contributed by atoms with Crippen molar-refractivity contribution in [3.05, 3.63) is 24.3 Å². The van der Waals surface area contributed by atoms with Crippen LogP contribution in [0.15, 0.2) is 24.3 Å². The van der Waals surface area contributed by atoms with Crippen LogP contribution in [0.2, 0.25) is 0 Å². The monoisotopic (exact) mass is 352 g/mol. The van der Waals surface area contributed by atoms with E-state index in [1.54, 1.807) is 6.07 Å². The second-order valence-electron chi connectivity index (χ2n) is 6.67. The second kappa shape index (κ2) is 19.1. The summed E-state index contributed by atoms with van der Waals surface area (Å²) < 4.78 is 5.65. The van der Waals surface area contributed by atoms with Crippen molar-refractivity contribution in [3.63, 3.8) is 0 Å². The van der Waals surface area contributed by atoms with Gasteiger partial charge in [-0.25, -0.2) is 0 Å². The third-order valence-electron chi connectivity index (χ3n) is 4.11. The molecule has 0 unspecified atom stereocenters. The predicted molar refractivity (Wildman–Crippen MR) is 107 cm³/mol.